The van der Waals surface area contributed by atoms with Crippen molar-refractivity contribution in [3.05, 3.63) is 93.2 Å². The molecule has 0 radical (unpaired) electrons. The van der Waals surface area contributed by atoms with Gasteiger partial charge in [-0.25, -0.2) is 4.42 Å². The van der Waals surface area contributed by atoms with Crippen molar-refractivity contribution in [1.29, 1.82) is 0 Å². The van der Waals surface area contributed by atoms with E-state index < -0.39 is 0 Å². The van der Waals surface area contributed by atoms with Gasteiger partial charge in [-0.3, -0.25) is 0 Å². The molecule has 0 bridgehead atoms. The van der Waals surface area contributed by atoms with Crippen LogP contribution in [-0.2, 0) is 0 Å². The maximum atomic E-state index is 6.04. The minimum Gasteiger partial charge on any atom is -1.00 e. The van der Waals surface area contributed by atoms with E-state index in [0.29, 0.717) is 0 Å². The van der Waals surface area contributed by atoms with E-state index in [1.807, 2.05) is 24.3 Å². The minimum atomic E-state index is -0.0829. The van der Waals surface area contributed by atoms with E-state index in [1.54, 1.807) is 0 Å². The lowest BCUT2D eigenvalue weighted by atomic mass is 10.3. The molecule has 1 nitrogen and oxygen atoms in total. The fraction of sp³-hybridized carbons (Fsp3) is 0. The summed E-state index contributed by atoms with van der Waals surface area (Å²) in [7, 11) is -0.0829. The molecule has 0 amide bonds. The highest BCUT2D eigenvalue weighted by molar-refractivity contribution is 8.09. The zero-order chi connectivity index (χ0) is 13.4. The predicted molar refractivity (Wildman–Crippen MR) is 83.6 cm³/mol. The van der Waals surface area contributed by atoms with E-state index in [4.69, 9.17) is 4.42 Å². The summed E-state index contributed by atoms with van der Waals surface area (Å²) in [4.78, 5) is 2.59. The van der Waals surface area contributed by atoms with Crippen LogP contribution in [-0.4, -0.2) is 0 Å². The first-order valence-electron chi connectivity index (χ1n) is 6.59. The first kappa shape index (κ1) is 14.1. The molecule has 1 atom stereocenters. The normalized spacial score (nSPS) is 15.1. The fourth-order valence-corrected chi connectivity index (χ4v) is 4.68. The number of fused-ring (bicyclic) bond motifs is 2. The first-order valence-corrected chi connectivity index (χ1v) is 7.81. The van der Waals surface area contributed by atoms with Gasteiger partial charge >= 0.3 is 11.2 Å². The smallest absolute Gasteiger partial charge is 0.366 e. The van der Waals surface area contributed by atoms with Crippen LogP contribution >= 0.6 is 10.5 Å². The third kappa shape index (κ3) is 2.41. The Morgan fingerprint density at radius 2 is 1.33 bits per heavy atom. The molecule has 1 unspecified atom stereocenters. The lowest BCUT2D eigenvalue weighted by Crippen LogP contribution is -3.00. The van der Waals surface area contributed by atoms with Gasteiger partial charge in [0.1, 0.15) is 9.41 Å². The number of hydrogen-bond donors (Lipinski definition) is 0. The molecule has 104 valence electrons. The molecule has 0 saturated heterocycles. The molecule has 3 heteroatoms. The molecule has 3 aromatic carbocycles. The van der Waals surface area contributed by atoms with Crippen LogP contribution in [0.25, 0.3) is 0 Å². The van der Waals surface area contributed by atoms with E-state index in [-0.39, 0.29) is 22.9 Å². The molecular formula is C18H13ClOS. The number of hydrogen-bond acceptors (Lipinski definition) is 0. The van der Waals surface area contributed by atoms with Gasteiger partial charge in [0.25, 0.3) is 0 Å². The van der Waals surface area contributed by atoms with Gasteiger partial charge in [0.15, 0.2) is 0 Å². The van der Waals surface area contributed by atoms with Crippen LogP contribution in [0, 0.1) is 4.51 Å². The summed E-state index contributed by atoms with van der Waals surface area (Å²) in [6.45, 7) is 0. The van der Waals surface area contributed by atoms with E-state index in [9.17, 15) is 0 Å². The SMILES string of the molecule is [Cl-].c1ccc(S2=c3ccccc3=[O+]c3ccccc32)cc1. The zero-order valence-corrected chi connectivity index (χ0v) is 12.8. The summed E-state index contributed by atoms with van der Waals surface area (Å²) < 4.78 is 7.30. The van der Waals surface area contributed by atoms with Crippen molar-refractivity contribution >= 4 is 10.5 Å². The summed E-state index contributed by atoms with van der Waals surface area (Å²) in [5.41, 5.74) is 0.971. The van der Waals surface area contributed by atoms with Gasteiger partial charge in [-0.1, -0.05) is 52.9 Å². The predicted octanol–water partition coefficient (Wildman–Crippen LogP) is 1.67. The summed E-state index contributed by atoms with van der Waals surface area (Å²) in [5, 5.41) is 0. The van der Waals surface area contributed by atoms with Gasteiger partial charge in [0, 0.05) is 17.0 Å². The van der Waals surface area contributed by atoms with Crippen molar-refractivity contribution < 1.29 is 12.4 Å². The molecule has 1 aliphatic rings. The second-order valence-corrected chi connectivity index (χ2v) is 6.58. The van der Waals surface area contributed by atoms with Gasteiger partial charge < -0.3 is 12.4 Å². The van der Waals surface area contributed by atoms with Gasteiger partial charge in [-0.05, 0) is 24.3 Å². The van der Waals surface area contributed by atoms with Crippen molar-refractivity contribution in [3.8, 4) is 5.75 Å². The Balaban J connectivity index is 0.00000132. The van der Waals surface area contributed by atoms with Crippen LogP contribution in [0.3, 0.4) is 0 Å². The minimum absolute atomic E-state index is 0. The van der Waals surface area contributed by atoms with Crippen LogP contribution in [0.1, 0.15) is 0 Å². The summed E-state index contributed by atoms with van der Waals surface area (Å²) in [6.07, 6.45) is 0. The molecule has 21 heavy (non-hydrogen) atoms. The quantitative estimate of drug-likeness (QED) is 0.374. The van der Waals surface area contributed by atoms with Crippen molar-refractivity contribution in [2.75, 3.05) is 0 Å². The topological polar surface area (TPSA) is 11.3 Å². The van der Waals surface area contributed by atoms with E-state index in [2.05, 4.69) is 54.6 Å². The Morgan fingerprint density at radius 1 is 0.667 bits per heavy atom. The average Bonchev–Trinajstić information content (AvgIpc) is 2.53. The standard InChI is InChI=1S/C18H13OS.ClH/c1-2-8-14(9-3-1)20-17-12-6-4-10-15(17)19-16-11-5-7-13-18(16)20;/h1-13H;1H/q+1;/p-1. The van der Waals surface area contributed by atoms with Crippen molar-refractivity contribution in [1.82, 2.24) is 0 Å². The Bertz CT molecular complexity index is 904. The largest absolute Gasteiger partial charge is 1.00 e. The lowest BCUT2D eigenvalue weighted by Gasteiger charge is -2.10. The second-order valence-electron chi connectivity index (χ2n) is 4.61. The van der Waals surface area contributed by atoms with Gasteiger partial charge in [0.05, 0.1) is 0 Å². The third-order valence-electron chi connectivity index (χ3n) is 3.34. The number of rotatable bonds is 1. The number of benzene rings is 3. The average molecular weight is 313 g/mol. The second kappa shape index (κ2) is 5.84. The number of para-hydroxylation sites is 2. The molecule has 0 aliphatic carbocycles. The van der Waals surface area contributed by atoms with Crippen LogP contribution in [0.4, 0.5) is 0 Å². The highest BCUT2D eigenvalue weighted by Crippen LogP contribution is 2.45. The molecule has 4 rings (SSSR count). The van der Waals surface area contributed by atoms with Gasteiger partial charge in [-0.15, -0.1) is 0 Å². The van der Waals surface area contributed by atoms with Crippen LogP contribution in [0.15, 0.2) is 93.1 Å². The molecule has 1 heterocycles. The molecule has 3 aromatic rings. The van der Waals surface area contributed by atoms with Crippen LogP contribution in [0.2, 0.25) is 0 Å². The highest BCUT2D eigenvalue weighted by Gasteiger charge is 2.22. The Labute approximate surface area is 131 Å². The molecule has 0 aromatic heterocycles. The van der Waals surface area contributed by atoms with E-state index >= 15 is 0 Å². The highest BCUT2D eigenvalue weighted by atomic mass is 35.5. The summed E-state index contributed by atoms with van der Waals surface area (Å²) in [6, 6.07) is 27.3. The van der Waals surface area contributed by atoms with Crippen LogP contribution < -0.4 is 17.8 Å². The maximum Gasteiger partial charge on any atom is 0.366 e. The summed E-state index contributed by atoms with van der Waals surface area (Å²) in [5.74, 6) is 0.971. The van der Waals surface area contributed by atoms with Crippen molar-refractivity contribution in [2.45, 2.75) is 9.79 Å². The lowest BCUT2D eigenvalue weighted by molar-refractivity contribution is -0.00000386. The maximum absolute atomic E-state index is 6.04. The van der Waals surface area contributed by atoms with Gasteiger partial charge in [-0.2, -0.15) is 0 Å². The monoisotopic (exact) mass is 312 g/mol. The Kier molecular flexibility index (Phi) is 3.91. The molecular weight excluding hydrogens is 300 g/mol. The molecule has 0 fully saturated rings. The third-order valence-corrected chi connectivity index (χ3v) is 5.63. The molecule has 0 saturated carbocycles. The number of halogens is 1. The van der Waals surface area contributed by atoms with Crippen molar-refractivity contribution in [3.63, 3.8) is 0 Å². The van der Waals surface area contributed by atoms with Gasteiger partial charge in [0.2, 0.25) is 0 Å². The van der Waals surface area contributed by atoms with Crippen molar-refractivity contribution in [2.24, 2.45) is 0 Å². The first-order chi connectivity index (χ1) is 9.93. The fourth-order valence-electron chi connectivity index (χ4n) is 2.45. The molecule has 0 N–H and O–H groups in total. The zero-order valence-electron chi connectivity index (χ0n) is 11.2. The summed E-state index contributed by atoms with van der Waals surface area (Å²) >= 11 is 0. The molecule has 0 spiro atoms. The van der Waals surface area contributed by atoms with E-state index in [1.165, 1.54) is 14.3 Å². The molecule has 1 aliphatic heterocycles. The Morgan fingerprint density at radius 3 is 2.19 bits per heavy atom. The Hall–Kier alpha value is -1.90. The van der Waals surface area contributed by atoms with E-state index in [0.717, 1.165) is 11.2 Å². The van der Waals surface area contributed by atoms with Crippen LogP contribution in [0.5, 0.6) is 5.75 Å².